The van der Waals surface area contributed by atoms with E-state index >= 15 is 0 Å². The summed E-state index contributed by atoms with van der Waals surface area (Å²) in [6.45, 7) is 1.53. The minimum atomic E-state index is -0.335. The monoisotopic (exact) mass is 222 g/mol. The molecule has 1 aromatic heterocycles. The van der Waals surface area contributed by atoms with Crippen molar-refractivity contribution in [3.63, 3.8) is 0 Å². The fraction of sp³-hybridized carbons (Fsp3) is 0.500. The SMILES string of the molecule is COC(=O)N1Cc2cnc(CCN)nc2C1. The Kier molecular flexibility index (Phi) is 3.00. The number of methoxy groups -OCH3 is 1. The number of nitrogens with zero attached hydrogens (tertiary/aromatic N) is 3. The van der Waals surface area contributed by atoms with E-state index in [9.17, 15) is 4.79 Å². The largest absolute Gasteiger partial charge is 0.453 e. The van der Waals surface area contributed by atoms with Crippen LogP contribution in [0, 0.1) is 0 Å². The molecule has 0 saturated carbocycles. The van der Waals surface area contributed by atoms with Gasteiger partial charge in [0.2, 0.25) is 0 Å². The quantitative estimate of drug-likeness (QED) is 0.765. The highest BCUT2D eigenvalue weighted by Crippen LogP contribution is 2.20. The van der Waals surface area contributed by atoms with Crippen LogP contribution in [0.5, 0.6) is 0 Å². The van der Waals surface area contributed by atoms with Crippen molar-refractivity contribution in [2.45, 2.75) is 19.5 Å². The Bertz CT molecular complexity index is 408. The molecule has 0 spiro atoms. The molecule has 0 saturated heterocycles. The van der Waals surface area contributed by atoms with E-state index in [0.29, 0.717) is 26.1 Å². The summed E-state index contributed by atoms with van der Waals surface area (Å²) >= 11 is 0. The van der Waals surface area contributed by atoms with Crippen LogP contribution in [0.25, 0.3) is 0 Å². The molecule has 2 heterocycles. The molecule has 0 aliphatic carbocycles. The second kappa shape index (κ2) is 4.44. The van der Waals surface area contributed by atoms with Gasteiger partial charge in [0.1, 0.15) is 5.82 Å². The van der Waals surface area contributed by atoms with Crippen molar-refractivity contribution in [2.75, 3.05) is 13.7 Å². The lowest BCUT2D eigenvalue weighted by atomic mass is 10.2. The number of nitrogens with two attached hydrogens (primary N) is 1. The van der Waals surface area contributed by atoms with Crippen LogP contribution in [-0.2, 0) is 24.2 Å². The normalized spacial score (nSPS) is 13.8. The Morgan fingerprint density at radius 2 is 2.44 bits per heavy atom. The molecule has 16 heavy (non-hydrogen) atoms. The van der Waals surface area contributed by atoms with E-state index in [0.717, 1.165) is 17.1 Å². The average Bonchev–Trinajstić information content (AvgIpc) is 2.71. The maximum atomic E-state index is 11.3. The van der Waals surface area contributed by atoms with E-state index < -0.39 is 0 Å². The van der Waals surface area contributed by atoms with Crippen LogP contribution in [0.1, 0.15) is 17.1 Å². The number of carbonyl (C=O) groups excluding carboxylic acids is 1. The fourth-order valence-electron chi connectivity index (χ4n) is 1.70. The number of ether oxygens (including phenoxy) is 1. The Labute approximate surface area is 93.4 Å². The lowest BCUT2D eigenvalue weighted by molar-refractivity contribution is 0.123. The van der Waals surface area contributed by atoms with Gasteiger partial charge in [-0.1, -0.05) is 0 Å². The number of hydrogen-bond donors (Lipinski definition) is 1. The number of fused-ring (bicyclic) bond motifs is 1. The fourth-order valence-corrected chi connectivity index (χ4v) is 1.70. The second-order valence-electron chi connectivity index (χ2n) is 3.62. The number of hydrogen-bond acceptors (Lipinski definition) is 5. The van der Waals surface area contributed by atoms with Crippen LogP contribution in [0.3, 0.4) is 0 Å². The molecule has 2 N–H and O–H groups in total. The highest BCUT2D eigenvalue weighted by atomic mass is 16.5. The first-order valence-corrected chi connectivity index (χ1v) is 5.11. The molecule has 1 aliphatic rings. The molecule has 6 heteroatoms. The highest BCUT2D eigenvalue weighted by Gasteiger charge is 2.25. The van der Waals surface area contributed by atoms with Crippen LogP contribution in [-0.4, -0.2) is 34.6 Å². The Hall–Kier alpha value is -1.69. The van der Waals surface area contributed by atoms with E-state index in [2.05, 4.69) is 14.7 Å². The summed E-state index contributed by atoms with van der Waals surface area (Å²) in [5.41, 5.74) is 7.31. The van der Waals surface area contributed by atoms with Gasteiger partial charge in [-0.25, -0.2) is 14.8 Å². The average molecular weight is 222 g/mol. The van der Waals surface area contributed by atoms with E-state index in [1.54, 1.807) is 11.1 Å². The number of aromatic nitrogens is 2. The molecule has 1 amide bonds. The van der Waals surface area contributed by atoms with Crippen molar-refractivity contribution in [3.05, 3.63) is 23.3 Å². The number of rotatable bonds is 2. The van der Waals surface area contributed by atoms with Gasteiger partial charge in [0.15, 0.2) is 0 Å². The van der Waals surface area contributed by atoms with Gasteiger partial charge in [-0.05, 0) is 6.54 Å². The predicted molar refractivity (Wildman–Crippen MR) is 56.4 cm³/mol. The van der Waals surface area contributed by atoms with Gasteiger partial charge in [-0.15, -0.1) is 0 Å². The predicted octanol–water partition coefficient (Wildman–Crippen LogP) is 0.0598. The zero-order valence-electron chi connectivity index (χ0n) is 9.14. The summed E-state index contributed by atoms with van der Waals surface area (Å²) in [4.78, 5) is 21.5. The summed E-state index contributed by atoms with van der Waals surface area (Å²) in [6, 6.07) is 0. The van der Waals surface area contributed by atoms with Gasteiger partial charge in [0.05, 0.1) is 25.9 Å². The molecule has 0 unspecified atom stereocenters. The zero-order chi connectivity index (χ0) is 11.5. The first kappa shape index (κ1) is 10.8. The van der Waals surface area contributed by atoms with E-state index in [1.807, 2.05) is 0 Å². The van der Waals surface area contributed by atoms with E-state index in [4.69, 9.17) is 5.73 Å². The molecule has 1 aromatic rings. The van der Waals surface area contributed by atoms with Gasteiger partial charge >= 0.3 is 6.09 Å². The summed E-state index contributed by atoms with van der Waals surface area (Å²) in [5, 5.41) is 0. The topological polar surface area (TPSA) is 81.3 Å². The van der Waals surface area contributed by atoms with Crippen molar-refractivity contribution in [3.8, 4) is 0 Å². The molecule has 0 bridgehead atoms. The van der Waals surface area contributed by atoms with Crippen LogP contribution >= 0.6 is 0 Å². The van der Waals surface area contributed by atoms with Gasteiger partial charge in [0, 0.05) is 18.2 Å². The third kappa shape index (κ3) is 1.96. The zero-order valence-corrected chi connectivity index (χ0v) is 9.14. The Morgan fingerprint density at radius 3 is 3.12 bits per heavy atom. The van der Waals surface area contributed by atoms with Crippen LogP contribution in [0.2, 0.25) is 0 Å². The molecule has 0 fully saturated rings. The first-order chi connectivity index (χ1) is 7.74. The third-order valence-corrected chi connectivity index (χ3v) is 2.51. The lowest BCUT2D eigenvalue weighted by Gasteiger charge is -2.11. The molecule has 0 aromatic carbocycles. The van der Waals surface area contributed by atoms with Crippen molar-refractivity contribution in [2.24, 2.45) is 5.73 Å². The van der Waals surface area contributed by atoms with Crippen LogP contribution < -0.4 is 5.73 Å². The second-order valence-corrected chi connectivity index (χ2v) is 3.62. The molecule has 0 radical (unpaired) electrons. The molecule has 0 atom stereocenters. The number of amides is 1. The standard InChI is InChI=1S/C10H14N4O2/c1-16-10(15)14-5-7-4-12-9(2-3-11)13-8(7)6-14/h4H,2-3,5-6,11H2,1H3. The summed E-state index contributed by atoms with van der Waals surface area (Å²) in [5.74, 6) is 0.730. The van der Waals surface area contributed by atoms with Gasteiger partial charge in [0.25, 0.3) is 0 Å². The molecular weight excluding hydrogens is 208 g/mol. The molecular formula is C10H14N4O2. The molecule has 6 nitrogen and oxygen atoms in total. The van der Waals surface area contributed by atoms with Crippen LogP contribution in [0.4, 0.5) is 4.79 Å². The minimum absolute atomic E-state index is 0.335. The summed E-state index contributed by atoms with van der Waals surface area (Å²) in [6.07, 6.45) is 2.08. The summed E-state index contributed by atoms with van der Waals surface area (Å²) in [7, 11) is 1.37. The van der Waals surface area contributed by atoms with Crippen molar-refractivity contribution < 1.29 is 9.53 Å². The smallest absolute Gasteiger partial charge is 0.410 e. The van der Waals surface area contributed by atoms with Gasteiger partial charge in [-0.2, -0.15) is 0 Å². The maximum Gasteiger partial charge on any atom is 0.410 e. The maximum absolute atomic E-state index is 11.3. The van der Waals surface area contributed by atoms with Gasteiger partial charge < -0.3 is 10.5 Å². The van der Waals surface area contributed by atoms with Gasteiger partial charge in [-0.3, -0.25) is 4.90 Å². The van der Waals surface area contributed by atoms with Crippen LogP contribution in [0.15, 0.2) is 6.20 Å². The molecule has 2 rings (SSSR count). The highest BCUT2D eigenvalue weighted by molar-refractivity contribution is 5.68. The van der Waals surface area contributed by atoms with E-state index in [1.165, 1.54) is 7.11 Å². The number of carbonyl (C=O) groups is 1. The molecule has 86 valence electrons. The minimum Gasteiger partial charge on any atom is -0.453 e. The third-order valence-electron chi connectivity index (χ3n) is 2.51. The molecule has 1 aliphatic heterocycles. The van der Waals surface area contributed by atoms with Crippen molar-refractivity contribution in [1.82, 2.24) is 14.9 Å². The Morgan fingerprint density at radius 1 is 1.62 bits per heavy atom. The lowest BCUT2D eigenvalue weighted by Crippen LogP contribution is -2.24. The van der Waals surface area contributed by atoms with Crippen molar-refractivity contribution in [1.29, 1.82) is 0 Å². The van der Waals surface area contributed by atoms with E-state index in [-0.39, 0.29) is 6.09 Å². The Balaban J connectivity index is 2.15. The first-order valence-electron chi connectivity index (χ1n) is 5.11. The van der Waals surface area contributed by atoms with Crippen molar-refractivity contribution >= 4 is 6.09 Å². The summed E-state index contributed by atoms with van der Waals surface area (Å²) < 4.78 is 4.66.